The third-order valence-electron chi connectivity index (χ3n) is 3.02. The predicted molar refractivity (Wildman–Crippen MR) is 84.9 cm³/mol. The quantitative estimate of drug-likeness (QED) is 0.439. The highest BCUT2D eigenvalue weighted by Gasteiger charge is 2.34. The molecule has 1 N–H and O–H groups in total. The zero-order valence-electron chi connectivity index (χ0n) is 12.6. The van der Waals surface area contributed by atoms with E-state index in [1.54, 1.807) is 36.5 Å². The highest BCUT2D eigenvalue weighted by molar-refractivity contribution is 7.92. The van der Waals surface area contributed by atoms with Crippen LogP contribution in [0.25, 0.3) is 0 Å². The molecule has 8 heteroatoms. The van der Waals surface area contributed by atoms with Crippen LogP contribution in [0.2, 0.25) is 0 Å². The lowest BCUT2D eigenvalue weighted by Gasteiger charge is -2.19. The molecule has 1 aromatic rings. The van der Waals surface area contributed by atoms with Crippen molar-refractivity contribution >= 4 is 21.7 Å². The van der Waals surface area contributed by atoms with Crippen molar-refractivity contribution in [3.05, 3.63) is 48.6 Å². The normalized spacial score (nSPS) is 11.8. The Morgan fingerprint density at radius 2 is 2.00 bits per heavy atom. The van der Waals surface area contributed by atoms with Gasteiger partial charge in [-0.2, -0.15) is 5.26 Å². The standard InChI is InChI=1S/C15H17N3O4S/c1-3-9-23(21,22)13(15(20)18(2)11-16)10-17-14(19)12-7-5-4-6-8-12/h3-8,13H,1,9-10H2,2H3,(H,17,19)/t13-/m1/s1. The van der Waals surface area contributed by atoms with Crippen molar-refractivity contribution in [1.29, 1.82) is 5.26 Å². The summed E-state index contributed by atoms with van der Waals surface area (Å²) in [5.74, 6) is -1.83. The largest absolute Gasteiger partial charge is 0.350 e. The van der Waals surface area contributed by atoms with Gasteiger partial charge in [-0.05, 0) is 12.1 Å². The topological polar surface area (TPSA) is 107 Å². The molecule has 1 atom stereocenters. The van der Waals surface area contributed by atoms with Crippen LogP contribution in [0.5, 0.6) is 0 Å². The number of hydrogen-bond donors (Lipinski definition) is 1. The molecule has 0 heterocycles. The summed E-state index contributed by atoms with van der Waals surface area (Å²) in [4.78, 5) is 24.7. The Morgan fingerprint density at radius 3 is 2.52 bits per heavy atom. The Kier molecular flexibility index (Phi) is 6.48. The lowest BCUT2D eigenvalue weighted by molar-refractivity contribution is -0.126. The molecule has 0 bridgehead atoms. The van der Waals surface area contributed by atoms with Gasteiger partial charge in [-0.15, -0.1) is 6.58 Å². The van der Waals surface area contributed by atoms with Gasteiger partial charge in [-0.3, -0.25) is 14.5 Å². The van der Waals surface area contributed by atoms with Crippen LogP contribution in [-0.2, 0) is 14.6 Å². The minimum Gasteiger partial charge on any atom is -0.350 e. The third-order valence-corrected chi connectivity index (χ3v) is 4.96. The zero-order chi connectivity index (χ0) is 17.5. The van der Waals surface area contributed by atoms with Crippen molar-refractivity contribution in [2.24, 2.45) is 0 Å². The number of nitrogens with one attached hydrogen (secondary N) is 1. The Morgan fingerprint density at radius 1 is 1.39 bits per heavy atom. The van der Waals surface area contributed by atoms with Crippen molar-refractivity contribution in [3.8, 4) is 6.19 Å². The van der Waals surface area contributed by atoms with Gasteiger partial charge in [0.1, 0.15) is 0 Å². The fourth-order valence-corrected chi connectivity index (χ4v) is 3.15. The van der Waals surface area contributed by atoms with Gasteiger partial charge in [-0.25, -0.2) is 8.42 Å². The Hall–Kier alpha value is -2.66. The van der Waals surface area contributed by atoms with Gasteiger partial charge in [0.05, 0.1) is 5.75 Å². The van der Waals surface area contributed by atoms with Gasteiger partial charge in [-0.1, -0.05) is 24.3 Å². The lowest BCUT2D eigenvalue weighted by Crippen LogP contribution is -2.47. The lowest BCUT2D eigenvalue weighted by atomic mass is 10.2. The summed E-state index contributed by atoms with van der Waals surface area (Å²) in [5.41, 5.74) is 0.341. The van der Waals surface area contributed by atoms with Gasteiger partial charge in [0, 0.05) is 19.2 Å². The summed E-state index contributed by atoms with van der Waals surface area (Å²) in [6.07, 6.45) is 2.71. The molecule has 1 rings (SSSR count). The number of nitrogens with zero attached hydrogens (tertiary/aromatic N) is 2. The van der Waals surface area contributed by atoms with Gasteiger partial charge in [0.2, 0.25) is 0 Å². The van der Waals surface area contributed by atoms with Crippen molar-refractivity contribution < 1.29 is 18.0 Å². The molecule has 7 nitrogen and oxygen atoms in total. The molecule has 0 aromatic heterocycles. The Labute approximate surface area is 135 Å². The Balaban J connectivity index is 2.94. The number of benzene rings is 1. The summed E-state index contributed by atoms with van der Waals surface area (Å²) in [5, 5.41) is 9.63. The highest BCUT2D eigenvalue weighted by atomic mass is 32.2. The molecule has 0 unspecified atom stereocenters. The maximum atomic E-state index is 12.2. The third kappa shape index (κ3) is 4.93. The molecule has 2 amide bonds. The molecular formula is C15H17N3O4S. The van der Waals surface area contributed by atoms with E-state index in [0.717, 1.165) is 13.1 Å². The Bertz CT molecular complexity index is 723. The van der Waals surface area contributed by atoms with Crippen molar-refractivity contribution in [2.75, 3.05) is 19.3 Å². The predicted octanol–water partition coefficient (Wildman–Crippen LogP) is 0.325. The highest BCUT2D eigenvalue weighted by Crippen LogP contribution is 2.07. The fraction of sp³-hybridized carbons (Fsp3) is 0.267. The molecular weight excluding hydrogens is 318 g/mol. The van der Waals surface area contributed by atoms with E-state index in [9.17, 15) is 18.0 Å². The van der Waals surface area contributed by atoms with Gasteiger partial charge in [0.25, 0.3) is 11.8 Å². The maximum Gasteiger partial charge on any atom is 0.255 e. The number of carbonyl (C=O) groups excluding carboxylic acids is 2. The second kappa shape index (κ2) is 8.10. The fourth-order valence-electron chi connectivity index (χ4n) is 1.79. The first-order valence-electron chi connectivity index (χ1n) is 6.66. The van der Waals surface area contributed by atoms with Crippen molar-refractivity contribution in [2.45, 2.75) is 5.25 Å². The summed E-state index contributed by atoms with van der Waals surface area (Å²) in [6.45, 7) is 2.92. The van der Waals surface area contributed by atoms with E-state index in [2.05, 4.69) is 11.9 Å². The van der Waals surface area contributed by atoms with E-state index >= 15 is 0 Å². The molecule has 122 valence electrons. The first-order valence-corrected chi connectivity index (χ1v) is 8.38. The van der Waals surface area contributed by atoms with E-state index in [0.29, 0.717) is 10.5 Å². The SMILES string of the molecule is C=CCS(=O)(=O)[C@H](CNC(=O)c1ccccc1)C(=O)N(C)C#N. The van der Waals surface area contributed by atoms with Crippen LogP contribution in [0.3, 0.4) is 0 Å². The maximum absolute atomic E-state index is 12.2. The van der Waals surface area contributed by atoms with Crippen LogP contribution in [0.15, 0.2) is 43.0 Å². The van der Waals surface area contributed by atoms with Crippen molar-refractivity contribution in [1.82, 2.24) is 10.2 Å². The minimum atomic E-state index is -3.88. The van der Waals surface area contributed by atoms with Gasteiger partial charge in [0.15, 0.2) is 21.3 Å². The summed E-state index contributed by atoms with van der Waals surface area (Å²) >= 11 is 0. The smallest absolute Gasteiger partial charge is 0.255 e. The number of amides is 2. The van der Waals surface area contributed by atoms with Crippen LogP contribution in [0, 0.1) is 11.5 Å². The summed E-state index contributed by atoms with van der Waals surface area (Å²) < 4.78 is 24.3. The molecule has 0 radical (unpaired) electrons. The number of sulfone groups is 1. The van der Waals surface area contributed by atoms with E-state index in [4.69, 9.17) is 5.26 Å². The van der Waals surface area contributed by atoms with Crippen LogP contribution in [0.1, 0.15) is 10.4 Å². The molecule has 0 saturated carbocycles. The minimum absolute atomic E-state index is 0.341. The molecule has 0 spiro atoms. The summed E-state index contributed by atoms with van der Waals surface area (Å²) in [6, 6.07) is 8.18. The second-order valence-corrected chi connectivity index (χ2v) is 6.91. The molecule has 0 saturated heterocycles. The number of nitriles is 1. The molecule has 1 aromatic carbocycles. The van der Waals surface area contributed by atoms with E-state index < -0.39 is 39.2 Å². The molecule has 0 aliphatic heterocycles. The number of carbonyl (C=O) groups is 2. The molecule has 23 heavy (non-hydrogen) atoms. The van der Waals surface area contributed by atoms with Gasteiger partial charge >= 0.3 is 0 Å². The second-order valence-electron chi connectivity index (χ2n) is 4.68. The zero-order valence-corrected chi connectivity index (χ0v) is 13.4. The van der Waals surface area contributed by atoms with Crippen LogP contribution >= 0.6 is 0 Å². The monoisotopic (exact) mass is 335 g/mol. The molecule has 0 aliphatic carbocycles. The number of hydrogen-bond acceptors (Lipinski definition) is 5. The van der Waals surface area contributed by atoms with Crippen molar-refractivity contribution in [3.63, 3.8) is 0 Å². The van der Waals surface area contributed by atoms with E-state index in [1.165, 1.54) is 0 Å². The van der Waals surface area contributed by atoms with Gasteiger partial charge < -0.3 is 5.32 Å². The average molecular weight is 335 g/mol. The van der Waals surface area contributed by atoms with Crippen LogP contribution in [-0.4, -0.2) is 49.7 Å². The van der Waals surface area contributed by atoms with E-state index in [1.807, 2.05) is 0 Å². The van der Waals surface area contributed by atoms with E-state index in [-0.39, 0.29) is 0 Å². The average Bonchev–Trinajstić information content (AvgIpc) is 2.54. The van der Waals surface area contributed by atoms with Crippen LogP contribution < -0.4 is 5.32 Å². The first kappa shape index (κ1) is 18.4. The number of rotatable bonds is 7. The molecule has 0 aliphatic rings. The first-order chi connectivity index (χ1) is 10.8. The van der Waals surface area contributed by atoms with Crippen LogP contribution in [0.4, 0.5) is 0 Å². The summed E-state index contributed by atoms with van der Waals surface area (Å²) in [7, 11) is -2.72. The molecule has 0 fully saturated rings.